The highest BCUT2D eigenvalue weighted by Crippen LogP contribution is 2.38. The highest BCUT2D eigenvalue weighted by Gasteiger charge is 2.42. The molecule has 16 nitrogen and oxygen atoms in total. The predicted molar refractivity (Wildman–Crippen MR) is 135 cm³/mol. The van der Waals surface area contributed by atoms with Crippen LogP contribution in [0.25, 0.3) is 0 Å². The summed E-state index contributed by atoms with van der Waals surface area (Å²) in [7, 11) is -6.38. The van der Waals surface area contributed by atoms with Crippen LogP contribution in [0.2, 0.25) is 0 Å². The number of nitrogens with zero attached hydrogens (tertiary/aromatic N) is 4. The average molecular weight is 598 g/mol. The maximum absolute atomic E-state index is 12.2. The van der Waals surface area contributed by atoms with Crippen LogP contribution in [-0.2, 0) is 42.7 Å². The molecule has 0 radical (unpaired) electrons. The van der Waals surface area contributed by atoms with Gasteiger partial charge in [0.15, 0.2) is 5.82 Å². The fraction of sp³-hybridized carbons (Fsp3) is 0.318. The van der Waals surface area contributed by atoms with Crippen LogP contribution < -0.4 is 10.1 Å². The van der Waals surface area contributed by atoms with Crippen LogP contribution >= 0.6 is 16.9 Å². The number of aromatic nitrogens is 4. The van der Waals surface area contributed by atoms with Gasteiger partial charge in [0.05, 0.1) is 6.42 Å². The van der Waals surface area contributed by atoms with Gasteiger partial charge in [-0.15, -0.1) is 19.9 Å². The van der Waals surface area contributed by atoms with Gasteiger partial charge in [0.2, 0.25) is 6.73 Å². The lowest BCUT2D eigenvalue weighted by Crippen LogP contribution is -2.34. The van der Waals surface area contributed by atoms with E-state index in [1.165, 1.54) is 16.9 Å². The highest BCUT2D eigenvalue weighted by atomic mass is 31.2. The first-order valence-corrected chi connectivity index (χ1v) is 13.9. The minimum Gasteiger partial charge on any atom is -0.440 e. The molecule has 0 aliphatic rings. The Morgan fingerprint density at radius 3 is 2.48 bits per heavy atom. The molecule has 0 aliphatic heterocycles. The van der Waals surface area contributed by atoms with E-state index in [9.17, 15) is 19.3 Å². The van der Waals surface area contributed by atoms with E-state index in [2.05, 4.69) is 29.8 Å². The number of tetrazole rings is 1. The molecule has 2 aromatic carbocycles. The minimum absolute atomic E-state index is 0.0442. The number of aliphatic hydroxyl groups is 1. The lowest BCUT2D eigenvalue weighted by Gasteiger charge is -2.21. The van der Waals surface area contributed by atoms with Crippen molar-refractivity contribution in [2.45, 2.75) is 38.4 Å². The molecular weight excluding hydrogens is 572 g/mol. The van der Waals surface area contributed by atoms with Crippen molar-refractivity contribution in [1.29, 1.82) is 0 Å². The van der Waals surface area contributed by atoms with Gasteiger partial charge in [-0.25, -0.2) is 4.79 Å². The Morgan fingerprint density at radius 1 is 1.07 bits per heavy atom. The Balaban J connectivity index is 1.36. The third-order valence-corrected chi connectivity index (χ3v) is 5.80. The topological polar surface area (TPSA) is 225 Å². The summed E-state index contributed by atoms with van der Waals surface area (Å²) in [6.07, 6.45) is -0.907. The fourth-order valence-corrected chi connectivity index (χ4v) is 4.02. The molecule has 1 aromatic heterocycles. The largest absolute Gasteiger partial charge is 0.700 e. The van der Waals surface area contributed by atoms with Crippen LogP contribution in [0.5, 0.6) is 5.75 Å². The number of rotatable bonds is 15. The fourth-order valence-electron chi connectivity index (χ4n) is 3.21. The smallest absolute Gasteiger partial charge is 0.440 e. The summed E-state index contributed by atoms with van der Waals surface area (Å²) in [6, 6.07) is 15.7. The van der Waals surface area contributed by atoms with Gasteiger partial charge in [-0.2, -0.15) is 0 Å². The lowest BCUT2D eigenvalue weighted by molar-refractivity contribution is -0.279. The molecule has 2 atom stereocenters. The second kappa shape index (κ2) is 15.4. The summed E-state index contributed by atoms with van der Waals surface area (Å²) in [5.74, 6) is -2.58. The van der Waals surface area contributed by atoms with Crippen molar-refractivity contribution < 1.29 is 52.5 Å². The molecule has 0 aliphatic carbocycles. The minimum atomic E-state index is -3.30. The zero-order valence-corrected chi connectivity index (χ0v) is 22.6. The molecule has 2 unspecified atom stereocenters. The standard InChI is InChI=1S/C22H25N5O11P2/c28-20(35-15-27-25-19(24-26-27)13-16-5-2-1-3-6-16)14-17-7-9-18(10-8-17)36-21(29)23-12-4-11-22(30,37-39(31)32)38-40(33)34/h1-3,5-10,30-32H,4,11-15H2,(H-,23,29,33,34)/p+1. The van der Waals surface area contributed by atoms with Gasteiger partial charge in [-0.1, -0.05) is 47.0 Å². The molecule has 3 rings (SSSR count). The third kappa shape index (κ3) is 11.3. The lowest BCUT2D eigenvalue weighted by atomic mass is 10.1. The van der Waals surface area contributed by atoms with Gasteiger partial charge in [-0.3, -0.25) is 9.32 Å². The molecule has 1 amide bonds. The summed E-state index contributed by atoms with van der Waals surface area (Å²) < 4.78 is 29.6. The SMILES string of the molecule is O=C(Cc1ccc(OC(=O)NCCCC(O)(OP(O)O)O[P+](=O)O)cc1)OCn1nnc(Cc2ccccc2)n1. The van der Waals surface area contributed by atoms with Crippen LogP contribution in [0, 0.1) is 0 Å². The Bertz CT molecular complexity index is 1260. The van der Waals surface area contributed by atoms with Crippen molar-refractivity contribution in [3.8, 4) is 5.75 Å². The molecule has 40 heavy (non-hydrogen) atoms. The highest BCUT2D eigenvalue weighted by molar-refractivity contribution is 7.39. The molecule has 0 saturated carbocycles. The number of hydrogen-bond acceptors (Lipinski definition) is 13. The number of carbonyl (C=O) groups excluding carboxylic acids is 2. The van der Waals surface area contributed by atoms with Gasteiger partial charge in [0, 0.05) is 24.0 Å². The van der Waals surface area contributed by atoms with Crippen molar-refractivity contribution >= 4 is 28.9 Å². The maximum Gasteiger partial charge on any atom is 0.700 e. The van der Waals surface area contributed by atoms with Crippen molar-refractivity contribution in [2.75, 3.05) is 6.54 Å². The average Bonchev–Trinajstić information content (AvgIpc) is 3.33. The zero-order valence-electron chi connectivity index (χ0n) is 20.8. The van der Waals surface area contributed by atoms with E-state index in [-0.39, 0.29) is 31.9 Å². The number of ether oxygens (including phenoxy) is 2. The van der Waals surface area contributed by atoms with E-state index in [1.807, 2.05) is 30.3 Å². The molecule has 214 valence electrons. The van der Waals surface area contributed by atoms with Crippen molar-refractivity contribution in [3.05, 3.63) is 71.5 Å². The summed E-state index contributed by atoms with van der Waals surface area (Å²) >= 11 is 0. The Labute approximate surface area is 229 Å². The van der Waals surface area contributed by atoms with Gasteiger partial charge in [0.1, 0.15) is 5.75 Å². The molecular formula is C22H26N5O11P2+. The number of esters is 1. The van der Waals surface area contributed by atoms with Crippen molar-refractivity contribution in [2.24, 2.45) is 0 Å². The molecule has 0 bridgehead atoms. The summed E-state index contributed by atoms with van der Waals surface area (Å²) in [6.45, 7) is -0.277. The van der Waals surface area contributed by atoms with Gasteiger partial charge in [-0.05, 0) is 34.9 Å². The zero-order chi connectivity index (χ0) is 29.0. The molecule has 3 aromatic rings. The second-order valence-electron chi connectivity index (χ2n) is 8.01. The Morgan fingerprint density at radius 2 is 1.80 bits per heavy atom. The number of hydrogen-bond donors (Lipinski definition) is 5. The van der Waals surface area contributed by atoms with Gasteiger partial charge in [0.25, 0.3) is 0 Å². The number of amides is 1. The van der Waals surface area contributed by atoms with Crippen molar-refractivity contribution in [1.82, 2.24) is 25.5 Å². The monoisotopic (exact) mass is 598 g/mol. The van der Waals surface area contributed by atoms with Crippen LogP contribution in [0.3, 0.4) is 0 Å². The molecule has 1 heterocycles. The van der Waals surface area contributed by atoms with E-state index in [1.54, 1.807) is 12.1 Å². The van der Waals surface area contributed by atoms with E-state index in [4.69, 9.17) is 24.2 Å². The Kier molecular flexibility index (Phi) is 11.9. The Hall–Kier alpha value is -3.46. The second-order valence-corrected chi connectivity index (χ2v) is 9.36. The quantitative estimate of drug-likeness (QED) is 0.0722. The summed E-state index contributed by atoms with van der Waals surface area (Å²) in [5, 5.41) is 24.3. The first-order chi connectivity index (χ1) is 19.1. The molecule has 0 saturated heterocycles. The molecule has 0 spiro atoms. The van der Waals surface area contributed by atoms with Crippen molar-refractivity contribution in [3.63, 3.8) is 0 Å². The van der Waals surface area contributed by atoms with Gasteiger partial charge < -0.3 is 29.7 Å². The molecule has 5 N–H and O–H groups in total. The van der Waals surface area contributed by atoms with Gasteiger partial charge >= 0.3 is 34.9 Å². The van der Waals surface area contributed by atoms with Crippen LogP contribution in [0.4, 0.5) is 4.79 Å². The number of benzene rings is 2. The van der Waals surface area contributed by atoms with Crippen LogP contribution in [-0.4, -0.2) is 64.6 Å². The van der Waals surface area contributed by atoms with E-state index in [0.29, 0.717) is 17.8 Å². The summed E-state index contributed by atoms with van der Waals surface area (Å²) in [5.41, 5.74) is 1.63. The molecule has 18 heteroatoms. The first-order valence-electron chi connectivity index (χ1n) is 11.6. The third-order valence-electron chi connectivity index (χ3n) is 4.91. The van der Waals surface area contributed by atoms with E-state index >= 15 is 0 Å². The summed E-state index contributed by atoms with van der Waals surface area (Å²) in [4.78, 5) is 51.8. The number of nitrogens with one attached hydrogen (secondary N) is 1. The van der Waals surface area contributed by atoms with E-state index in [0.717, 1.165) is 5.56 Å². The maximum atomic E-state index is 12.2. The normalized spacial score (nSPS) is 13.0. The van der Waals surface area contributed by atoms with Crippen LogP contribution in [0.1, 0.15) is 29.8 Å². The predicted octanol–water partition coefficient (Wildman–Crippen LogP) is 1.42. The van der Waals surface area contributed by atoms with Crippen LogP contribution in [0.15, 0.2) is 54.6 Å². The van der Waals surface area contributed by atoms with E-state index < -0.39 is 41.3 Å². The molecule has 0 fully saturated rings. The number of carbonyl (C=O) groups is 2. The first kappa shape index (κ1) is 31.1.